The molecule has 1 unspecified atom stereocenters. The van der Waals surface area contributed by atoms with Crippen molar-refractivity contribution in [1.29, 1.82) is 0 Å². The van der Waals surface area contributed by atoms with E-state index in [4.69, 9.17) is 16.6 Å². The Morgan fingerprint density at radius 1 is 1.41 bits per heavy atom. The molecule has 5 N–H and O–H groups in total. The minimum absolute atomic E-state index is 0.243. The number of Topliss-reactive ketones (excluding diaryl/α,β-unsaturated/α-hetero) is 1. The number of aryl methyl sites for hydroxylation is 1. The lowest BCUT2D eigenvalue weighted by Gasteiger charge is -2.09. The Labute approximate surface area is 99.4 Å². The highest BCUT2D eigenvalue weighted by atomic mass is 16.4. The number of anilines is 1. The molecule has 17 heavy (non-hydrogen) atoms. The summed E-state index contributed by atoms with van der Waals surface area (Å²) in [6, 6.07) is 3.99. The van der Waals surface area contributed by atoms with Crippen molar-refractivity contribution in [3.63, 3.8) is 0 Å². The summed E-state index contributed by atoms with van der Waals surface area (Å²) in [6.45, 7) is 1.96. The van der Waals surface area contributed by atoms with E-state index in [1.807, 2.05) is 13.0 Å². The molecule has 0 aliphatic heterocycles. The first-order chi connectivity index (χ1) is 7.95. The number of hydrogen-bond acceptors (Lipinski definition) is 4. The van der Waals surface area contributed by atoms with Crippen LogP contribution in [0, 0.1) is 0 Å². The van der Waals surface area contributed by atoms with Crippen molar-refractivity contribution in [1.82, 2.24) is 0 Å². The summed E-state index contributed by atoms with van der Waals surface area (Å²) in [7, 11) is 0. The zero-order valence-electron chi connectivity index (χ0n) is 9.64. The molecule has 5 heteroatoms. The predicted molar refractivity (Wildman–Crippen MR) is 64.8 cm³/mol. The first kappa shape index (κ1) is 13.2. The second-order valence-corrected chi connectivity index (χ2v) is 3.85. The summed E-state index contributed by atoms with van der Waals surface area (Å²) >= 11 is 0. The average molecular weight is 236 g/mol. The van der Waals surface area contributed by atoms with Gasteiger partial charge >= 0.3 is 5.97 Å². The molecule has 0 fully saturated rings. The van der Waals surface area contributed by atoms with E-state index in [1.165, 1.54) is 0 Å². The van der Waals surface area contributed by atoms with Crippen LogP contribution in [-0.2, 0) is 11.2 Å². The van der Waals surface area contributed by atoms with Crippen LogP contribution in [0.5, 0.6) is 0 Å². The lowest BCUT2D eigenvalue weighted by Crippen LogP contribution is -2.32. The number of carboxylic acids is 1. The van der Waals surface area contributed by atoms with Crippen molar-refractivity contribution in [3.8, 4) is 0 Å². The van der Waals surface area contributed by atoms with Crippen molar-refractivity contribution in [3.05, 3.63) is 29.3 Å². The van der Waals surface area contributed by atoms with Crippen LogP contribution in [0.2, 0.25) is 0 Å². The Kier molecular flexibility index (Phi) is 4.23. The van der Waals surface area contributed by atoms with Gasteiger partial charge in [0.15, 0.2) is 5.78 Å². The van der Waals surface area contributed by atoms with Crippen LogP contribution in [0.4, 0.5) is 5.69 Å². The fraction of sp³-hybridized carbons (Fsp3) is 0.333. The van der Waals surface area contributed by atoms with Crippen molar-refractivity contribution in [2.45, 2.75) is 25.8 Å². The Morgan fingerprint density at radius 2 is 2.06 bits per heavy atom. The third-order valence-electron chi connectivity index (χ3n) is 2.55. The zero-order valence-corrected chi connectivity index (χ0v) is 9.64. The molecular weight excluding hydrogens is 220 g/mol. The molecule has 0 aliphatic rings. The van der Waals surface area contributed by atoms with E-state index in [0.717, 1.165) is 12.0 Å². The first-order valence-corrected chi connectivity index (χ1v) is 5.35. The van der Waals surface area contributed by atoms with E-state index in [9.17, 15) is 9.59 Å². The van der Waals surface area contributed by atoms with Gasteiger partial charge in [0, 0.05) is 17.7 Å². The van der Waals surface area contributed by atoms with Crippen LogP contribution in [0.25, 0.3) is 0 Å². The molecule has 0 aromatic heterocycles. The molecule has 0 saturated heterocycles. The van der Waals surface area contributed by atoms with Crippen LogP contribution in [0.3, 0.4) is 0 Å². The molecule has 92 valence electrons. The standard InChI is InChI=1S/C12H16N2O3/c1-2-7-3-4-9(13)8(5-7)11(15)6-10(14)12(16)17/h3-5,10H,2,6,13-14H2,1H3,(H,16,17). The van der Waals surface area contributed by atoms with E-state index in [1.54, 1.807) is 12.1 Å². The number of nitrogens with two attached hydrogens (primary N) is 2. The van der Waals surface area contributed by atoms with Crippen LogP contribution in [-0.4, -0.2) is 22.9 Å². The number of benzene rings is 1. The zero-order chi connectivity index (χ0) is 13.0. The van der Waals surface area contributed by atoms with Gasteiger partial charge in [-0.15, -0.1) is 0 Å². The van der Waals surface area contributed by atoms with Gasteiger partial charge in [-0.25, -0.2) is 0 Å². The molecule has 1 aromatic rings. The van der Waals surface area contributed by atoms with Gasteiger partial charge in [-0.2, -0.15) is 0 Å². The summed E-state index contributed by atoms with van der Waals surface area (Å²) in [5.41, 5.74) is 12.7. The van der Waals surface area contributed by atoms with Gasteiger partial charge in [0.05, 0.1) is 0 Å². The lowest BCUT2D eigenvalue weighted by atomic mass is 9.99. The normalized spacial score (nSPS) is 12.1. The van der Waals surface area contributed by atoms with Crippen molar-refractivity contribution >= 4 is 17.4 Å². The molecule has 0 amide bonds. The van der Waals surface area contributed by atoms with Crippen LogP contribution >= 0.6 is 0 Å². The number of nitrogen functional groups attached to an aromatic ring is 1. The monoisotopic (exact) mass is 236 g/mol. The molecule has 0 heterocycles. The fourth-order valence-corrected chi connectivity index (χ4v) is 1.46. The third-order valence-corrected chi connectivity index (χ3v) is 2.55. The second kappa shape index (κ2) is 5.45. The van der Waals surface area contributed by atoms with Gasteiger partial charge in [-0.05, 0) is 24.1 Å². The fourth-order valence-electron chi connectivity index (χ4n) is 1.46. The number of hydrogen-bond donors (Lipinski definition) is 3. The van der Waals surface area contributed by atoms with Gasteiger partial charge in [0.1, 0.15) is 6.04 Å². The number of carboxylic acid groups (broad SMARTS) is 1. The number of ketones is 1. The highest BCUT2D eigenvalue weighted by Crippen LogP contribution is 2.17. The molecule has 1 aromatic carbocycles. The Hall–Kier alpha value is -1.88. The van der Waals surface area contributed by atoms with E-state index in [2.05, 4.69) is 0 Å². The van der Waals surface area contributed by atoms with Crippen molar-refractivity contribution in [2.75, 3.05) is 5.73 Å². The van der Waals surface area contributed by atoms with Gasteiger partial charge in [0.2, 0.25) is 0 Å². The van der Waals surface area contributed by atoms with Gasteiger partial charge in [-0.3, -0.25) is 9.59 Å². The number of rotatable bonds is 5. The lowest BCUT2D eigenvalue weighted by molar-refractivity contribution is -0.138. The quantitative estimate of drug-likeness (QED) is 0.518. The van der Waals surface area contributed by atoms with E-state index < -0.39 is 12.0 Å². The summed E-state index contributed by atoms with van der Waals surface area (Å²) < 4.78 is 0. The summed E-state index contributed by atoms with van der Waals surface area (Å²) in [6.07, 6.45) is 0.540. The second-order valence-electron chi connectivity index (χ2n) is 3.85. The van der Waals surface area contributed by atoms with Crippen LogP contribution in [0.15, 0.2) is 18.2 Å². The molecule has 0 saturated carbocycles. The highest BCUT2D eigenvalue weighted by molar-refractivity contribution is 6.02. The van der Waals surface area contributed by atoms with E-state index in [-0.39, 0.29) is 12.2 Å². The summed E-state index contributed by atoms with van der Waals surface area (Å²) in [5.74, 6) is -1.53. The van der Waals surface area contributed by atoms with E-state index in [0.29, 0.717) is 11.3 Å². The number of carbonyl (C=O) groups excluding carboxylic acids is 1. The minimum Gasteiger partial charge on any atom is -0.480 e. The summed E-state index contributed by atoms with van der Waals surface area (Å²) in [5, 5.41) is 8.64. The molecule has 5 nitrogen and oxygen atoms in total. The average Bonchev–Trinajstić information content (AvgIpc) is 2.29. The topological polar surface area (TPSA) is 106 Å². The van der Waals surface area contributed by atoms with Crippen LogP contribution in [0.1, 0.15) is 29.3 Å². The maximum absolute atomic E-state index is 11.8. The molecular formula is C12H16N2O3. The van der Waals surface area contributed by atoms with Crippen LogP contribution < -0.4 is 11.5 Å². The Morgan fingerprint density at radius 3 is 2.59 bits per heavy atom. The van der Waals surface area contributed by atoms with Crippen molar-refractivity contribution in [2.24, 2.45) is 5.73 Å². The number of aliphatic carboxylic acids is 1. The Bertz CT molecular complexity index is 443. The maximum atomic E-state index is 11.8. The SMILES string of the molecule is CCc1ccc(N)c(C(=O)CC(N)C(=O)O)c1. The molecule has 0 bridgehead atoms. The van der Waals surface area contributed by atoms with Gasteiger partial charge in [-0.1, -0.05) is 13.0 Å². The largest absolute Gasteiger partial charge is 0.480 e. The van der Waals surface area contributed by atoms with E-state index >= 15 is 0 Å². The van der Waals surface area contributed by atoms with Gasteiger partial charge < -0.3 is 16.6 Å². The molecule has 1 atom stereocenters. The molecule has 0 spiro atoms. The maximum Gasteiger partial charge on any atom is 0.320 e. The molecule has 0 aliphatic carbocycles. The van der Waals surface area contributed by atoms with Gasteiger partial charge in [0.25, 0.3) is 0 Å². The molecule has 0 radical (unpaired) electrons. The third kappa shape index (κ3) is 3.29. The highest BCUT2D eigenvalue weighted by Gasteiger charge is 2.19. The summed E-state index contributed by atoms with van der Waals surface area (Å²) in [4.78, 5) is 22.4. The van der Waals surface area contributed by atoms with Crippen molar-refractivity contribution < 1.29 is 14.7 Å². The number of carbonyl (C=O) groups is 2. The Balaban J connectivity index is 2.91. The first-order valence-electron chi connectivity index (χ1n) is 5.35. The molecule has 1 rings (SSSR count). The minimum atomic E-state index is -1.19. The predicted octanol–water partition coefficient (Wildman–Crippen LogP) is 0.816. The smallest absolute Gasteiger partial charge is 0.320 e.